The molecule has 3 heterocycles. The van der Waals surface area contributed by atoms with Crippen LogP contribution in [-0.4, -0.2) is 28.3 Å². The fourth-order valence-corrected chi connectivity index (χ4v) is 4.23. The van der Waals surface area contributed by atoms with Gasteiger partial charge in [0.1, 0.15) is 5.65 Å². The second-order valence-corrected chi connectivity index (χ2v) is 8.71. The van der Waals surface area contributed by atoms with E-state index in [1.807, 2.05) is 11.4 Å². The summed E-state index contributed by atoms with van der Waals surface area (Å²) in [7, 11) is -4.28. The van der Waals surface area contributed by atoms with Crippen LogP contribution in [-0.2, 0) is 10.1 Å². The summed E-state index contributed by atoms with van der Waals surface area (Å²) < 4.78 is 33.3. The number of carbonyl (C=O) groups is 1. The van der Waals surface area contributed by atoms with Crippen molar-refractivity contribution in [3.05, 3.63) is 76.7 Å². The maximum atomic E-state index is 12.8. The largest absolute Gasteiger partial charge is 0.332 e. The normalized spacial score (nSPS) is 12.4. The monoisotopic (exact) mass is 438 g/mol. The fraction of sp³-hybridized carbons (Fsp3) is 0.0500. The number of imidazole rings is 1. The van der Waals surface area contributed by atoms with Crippen LogP contribution < -0.4 is 5.32 Å². The zero-order valence-electron chi connectivity index (χ0n) is 15.3. The highest BCUT2D eigenvalue weighted by atomic mass is 32.2. The zero-order valence-corrected chi connectivity index (χ0v) is 16.9. The minimum Gasteiger partial charge on any atom is -0.332 e. The molecule has 0 saturated heterocycles. The number of fused-ring (bicyclic) bond motifs is 1. The molecule has 0 bridgehead atoms. The summed E-state index contributed by atoms with van der Waals surface area (Å²) in [5, 5.41) is 13.9. The molecule has 2 N–H and O–H groups in total. The average Bonchev–Trinajstić information content (AvgIpc) is 3.41. The number of nitrogens with zero attached hydrogens (tertiary/aromatic N) is 3. The van der Waals surface area contributed by atoms with Gasteiger partial charge >= 0.3 is 0 Å². The minimum atomic E-state index is -4.28. The molecular weight excluding hydrogens is 424 g/mol. The Bertz CT molecular complexity index is 1370. The molecule has 4 aromatic rings. The number of hydrogen-bond donors (Lipinski definition) is 2. The van der Waals surface area contributed by atoms with Crippen molar-refractivity contribution in [2.45, 2.75) is 10.9 Å². The number of nitriles is 1. The van der Waals surface area contributed by atoms with Gasteiger partial charge in [-0.2, -0.15) is 13.7 Å². The van der Waals surface area contributed by atoms with Crippen LogP contribution in [0.2, 0.25) is 0 Å². The van der Waals surface area contributed by atoms with Gasteiger partial charge in [0.15, 0.2) is 6.04 Å². The van der Waals surface area contributed by atoms with E-state index in [0.717, 1.165) is 4.88 Å². The molecule has 0 aliphatic carbocycles. The van der Waals surface area contributed by atoms with Gasteiger partial charge in [0.2, 0.25) is 0 Å². The first-order valence-corrected chi connectivity index (χ1v) is 11.0. The smallest absolute Gasteiger partial charge is 0.294 e. The third kappa shape index (κ3) is 3.69. The summed E-state index contributed by atoms with van der Waals surface area (Å²) in [5.74, 6) is -0.431. The standard InChI is InChI=1S/C20H14N4O4S2/c21-11-16(18-4-2-10-29-18)23-20(25)15-3-1-9-24-17(12-22-19(15)24)13-5-7-14(8-6-13)30(26,27)28/h1-10,12,16H,(H,23,25)(H,26,27,28). The molecule has 1 aromatic carbocycles. The van der Waals surface area contributed by atoms with Crippen molar-refractivity contribution in [2.24, 2.45) is 0 Å². The number of carbonyl (C=O) groups excluding carboxylic acids is 1. The molecule has 0 aliphatic heterocycles. The highest BCUT2D eigenvalue weighted by Crippen LogP contribution is 2.25. The molecule has 0 saturated carbocycles. The minimum absolute atomic E-state index is 0.212. The summed E-state index contributed by atoms with van der Waals surface area (Å²) in [6.45, 7) is 0. The van der Waals surface area contributed by atoms with Crippen molar-refractivity contribution < 1.29 is 17.8 Å². The van der Waals surface area contributed by atoms with Crippen LogP contribution in [0.1, 0.15) is 21.3 Å². The molecule has 30 heavy (non-hydrogen) atoms. The van der Waals surface area contributed by atoms with Crippen LogP contribution in [0.5, 0.6) is 0 Å². The summed E-state index contributed by atoms with van der Waals surface area (Å²) in [4.78, 5) is 17.7. The van der Waals surface area contributed by atoms with Gasteiger partial charge in [-0.05, 0) is 35.7 Å². The lowest BCUT2D eigenvalue weighted by Gasteiger charge is -2.11. The van der Waals surface area contributed by atoms with E-state index >= 15 is 0 Å². The second kappa shape index (κ2) is 7.72. The number of aromatic nitrogens is 2. The highest BCUT2D eigenvalue weighted by molar-refractivity contribution is 7.85. The lowest BCUT2D eigenvalue weighted by Crippen LogP contribution is -2.27. The molecule has 0 fully saturated rings. The molecule has 3 aromatic heterocycles. The number of rotatable bonds is 5. The van der Waals surface area contributed by atoms with Crippen LogP contribution >= 0.6 is 11.3 Å². The third-order valence-electron chi connectivity index (χ3n) is 4.46. The zero-order chi connectivity index (χ0) is 21.3. The Morgan fingerprint density at radius 3 is 2.60 bits per heavy atom. The SMILES string of the molecule is N#CC(NC(=O)c1cccn2c(-c3ccc(S(=O)(=O)O)cc3)cnc12)c1cccs1. The van der Waals surface area contributed by atoms with Gasteiger partial charge in [-0.15, -0.1) is 11.3 Å². The van der Waals surface area contributed by atoms with Crippen LogP contribution in [0, 0.1) is 11.3 Å². The number of pyridine rings is 1. The molecule has 0 spiro atoms. The number of benzene rings is 1. The molecule has 1 unspecified atom stereocenters. The maximum Gasteiger partial charge on any atom is 0.294 e. The van der Waals surface area contributed by atoms with E-state index in [0.29, 0.717) is 22.5 Å². The molecule has 10 heteroatoms. The second-order valence-electron chi connectivity index (χ2n) is 6.31. The lowest BCUT2D eigenvalue weighted by atomic mass is 10.1. The maximum absolute atomic E-state index is 12.8. The molecule has 0 aliphatic rings. The molecule has 4 rings (SSSR count). The third-order valence-corrected chi connectivity index (χ3v) is 6.27. The molecule has 1 amide bonds. The summed E-state index contributed by atoms with van der Waals surface area (Å²) >= 11 is 1.38. The molecule has 8 nitrogen and oxygen atoms in total. The Morgan fingerprint density at radius 2 is 1.97 bits per heavy atom. The number of hydrogen-bond acceptors (Lipinski definition) is 6. The van der Waals surface area contributed by atoms with Crippen molar-refractivity contribution >= 4 is 33.0 Å². The van der Waals surface area contributed by atoms with Crippen LogP contribution in [0.4, 0.5) is 0 Å². The van der Waals surface area contributed by atoms with E-state index in [-0.39, 0.29) is 4.90 Å². The van der Waals surface area contributed by atoms with Crippen molar-refractivity contribution in [3.8, 4) is 17.3 Å². The van der Waals surface area contributed by atoms with E-state index in [1.165, 1.54) is 23.5 Å². The van der Waals surface area contributed by atoms with Crippen LogP contribution in [0.3, 0.4) is 0 Å². The van der Waals surface area contributed by atoms with Crippen molar-refractivity contribution in [1.82, 2.24) is 14.7 Å². The summed E-state index contributed by atoms with van der Waals surface area (Å²) in [5.41, 5.74) is 1.99. The first-order chi connectivity index (χ1) is 14.4. The van der Waals surface area contributed by atoms with Gasteiger partial charge in [-0.3, -0.25) is 13.7 Å². The van der Waals surface area contributed by atoms with Gasteiger partial charge < -0.3 is 5.32 Å². The Hall–Kier alpha value is -3.52. The molecular formula is C20H14N4O4S2. The first-order valence-electron chi connectivity index (χ1n) is 8.66. The van der Waals surface area contributed by atoms with E-state index in [1.54, 1.807) is 47.1 Å². The lowest BCUT2D eigenvalue weighted by molar-refractivity contribution is 0.0946. The van der Waals surface area contributed by atoms with Crippen molar-refractivity contribution in [3.63, 3.8) is 0 Å². The van der Waals surface area contributed by atoms with E-state index in [4.69, 9.17) is 4.55 Å². The number of nitrogens with one attached hydrogen (secondary N) is 1. The fourth-order valence-electron chi connectivity index (χ4n) is 3.03. The average molecular weight is 438 g/mol. The summed E-state index contributed by atoms with van der Waals surface area (Å²) in [6.07, 6.45) is 3.29. The van der Waals surface area contributed by atoms with E-state index in [9.17, 15) is 18.5 Å². The predicted molar refractivity (Wildman–Crippen MR) is 111 cm³/mol. The Labute approximate surface area is 175 Å². The highest BCUT2D eigenvalue weighted by Gasteiger charge is 2.20. The summed E-state index contributed by atoms with van der Waals surface area (Å²) in [6, 6.07) is 13.9. The van der Waals surface area contributed by atoms with Gasteiger partial charge in [-0.1, -0.05) is 18.2 Å². The Kier molecular flexibility index (Phi) is 5.09. The molecule has 1 atom stereocenters. The van der Waals surface area contributed by atoms with Crippen LogP contribution in [0.15, 0.2) is 71.2 Å². The topological polar surface area (TPSA) is 125 Å². The predicted octanol–water partition coefficient (Wildman–Crippen LogP) is 3.30. The Balaban J connectivity index is 1.68. The van der Waals surface area contributed by atoms with Gasteiger partial charge in [0, 0.05) is 16.6 Å². The van der Waals surface area contributed by atoms with Gasteiger partial charge in [0.25, 0.3) is 16.0 Å². The Morgan fingerprint density at radius 1 is 1.20 bits per heavy atom. The first kappa shape index (κ1) is 19.8. The quantitative estimate of drug-likeness (QED) is 0.461. The molecule has 0 radical (unpaired) electrons. The van der Waals surface area contributed by atoms with E-state index in [2.05, 4.69) is 16.4 Å². The van der Waals surface area contributed by atoms with Gasteiger partial charge in [-0.25, -0.2) is 4.98 Å². The molecule has 150 valence electrons. The number of amides is 1. The number of thiophene rings is 1. The van der Waals surface area contributed by atoms with E-state index < -0.39 is 22.1 Å². The van der Waals surface area contributed by atoms with Crippen molar-refractivity contribution in [2.75, 3.05) is 0 Å². The van der Waals surface area contributed by atoms with Crippen molar-refractivity contribution in [1.29, 1.82) is 5.26 Å². The van der Waals surface area contributed by atoms with Gasteiger partial charge in [0.05, 0.1) is 28.4 Å². The van der Waals surface area contributed by atoms with Crippen LogP contribution in [0.25, 0.3) is 16.9 Å².